The van der Waals surface area contributed by atoms with E-state index in [0.717, 1.165) is 12.1 Å². The van der Waals surface area contributed by atoms with Crippen molar-refractivity contribution >= 4 is 54.0 Å². The molecule has 0 amide bonds. The second kappa shape index (κ2) is 6.88. The number of hydrogen-bond donors (Lipinski definition) is 2. The van der Waals surface area contributed by atoms with E-state index in [1.54, 1.807) is 18.2 Å². The molecule has 27 heavy (non-hydrogen) atoms. The van der Waals surface area contributed by atoms with Crippen LogP contribution in [0.5, 0.6) is 5.75 Å². The molecule has 3 rings (SSSR count). The van der Waals surface area contributed by atoms with Crippen molar-refractivity contribution in [2.75, 3.05) is 4.72 Å². The average Bonchev–Trinajstić information content (AvgIpc) is 2.58. The summed E-state index contributed by atoms with van der Waals surface area (Å²) in [5.74, 6) is -0.224. The van der Waals surface area contributed by atoms with Gasteiger partial charge >= 0.3 is 6.18 Å². The third-order valence-electron chi connectivity index (χ3n) is 3.77. The largest absolute Gasteiger partial charge is 0.506 e. The molecule has 0 saturated carbocycles. The molecule has 0 aliphatic carbocycles. The van der Waals surface area contributed by atoms with Gasteiger partial charge in [0.05, 0.1) is 21.2 Å². The van der Waals surface area contributed by atoms with Crippen LogP contribution in [0.4, 0.5) is 18.9 Å². The molecule has 3 aromatic rings. The van der Waals surface area contributed by atoms with Gasteiger partial charge in [-0.15, -0.1) is 0 Å². The highest BCUT2D eigenvalue weighted by atomic mass is 79.9. The molecule has 0 unspecified atom stereocenters. The third kappa shape index (κ3) is 3.85. The van der Waals surface area contributed by atoms with Crippen molar-refractivity contribution in [3.63, 3.8) is 0 Å². The maximum atomic E-state index is 13.1. The smallest absolute Gasteiger partial charge is 0.417 e. The third-order valence-corrected chi connectivity index (χ3v) is 6.11. The quantitative estimate of drug-likeness (QED) is 0.467. The zero-order valence-corrected chi connectivity index (χ0v) is 16.3. The molecule has 0 aliphatic rings. The number of aromatic hydroxyl groups is 1. The van der Waals surface area contributed by atoms with Gasteiger partial charge in [0.25, 0.3) is 10.0 Å². The molecule has 0 aliphatic heterocycles. The molecule has 142 valence electrons. The minimum atomic E-state index is -4.72. The zero-order chi connectivity index (χ0) is 20.0. The van der Waals surface area contributed by atoms with Gasteiger partial charge < -0.3 is 5.11 Å². The monoisotopic (exact) mass is 479 g/mol. The van der Waals surface area contributed by atoms with Crippen LogP contribution in [0.15, 0.2) is 57.9 Å². The average molecular weight is 481 g/mol. The van der Waals surface area contributed by atoms with Crippen molar-refractivity contribution in [1.82, 2.24) is 0 Å². The SMILES string of the molecule is O=S(=O)(Nc1cc(Cl)c(O)c2ccccc12)c1ccc(Br)c(C(F)(F)F)c1. The molecule has 0 saturated heterocycles. The fourth-order valence-electron chi connectivity index (χ4n) is 2.50. The molecule has 0 aromatic heterocycles. The number of sulfonamides is 1. The molecule has 4 nitrogen and oxygen atoms in total. The fourth-order valence-corrected chi connectivity index (χ4v) is 4.28. The Bertz CT molecular complexity index is 1150. The van der Waals surface area contributed by atoms with E-state index in [1.807, 2.05) is 0 Å². The highest BCUT2D eigenvalue weighted by Crippen LogP contribution is 2.39. The summed E-state index contributed by atoms with van der Waals surface area (Å²) in [6, 6.07) is 10.1. The number of fused-ring (bicyclic) bond motifs is 1. The van der Waals surface area contributed by atoms with Gasteiger partial charge in [0.15, 0.2) is 0 Å². The van der Waals surface area contributed by atoms with E-state index in [2.05, 4.69) is 20.7 Å². The predicted molar refractivity (Wildman–Crippen MR) is 101 cm³/mol. The number of halogens is 5. The lowest BCUT2D eigenvalue weighted by Gasteiger charge is -2.15. The second-order valence-electron chi connectivity index (χ2n) is 5.55. The van der Waals surface area contributed by atoms with Gasteiger partial charge in [0.2, 0.25) is 0 Å². The molecule has 0 heterocycles. The Labute approximate surface area is 165 Å². The lowest BCUT2D eigenvalue weighted by molar-refractivity contribution is -0.138. The van der Waals surface area contributed by atoms with E-state index < -0.39 is 26.7 Å². The standard InChI is InChI=1S/C17H10BrClF3NO3S/c18-13-6-5-9(7-12(13)17(20,21)22)27(25,26)23-15-8-14(19)16(24)11-4-2-1-3-10(11)15/h1-8,23-24H. The van der Waals surface area contributed by atoms with Gasteiger partial charge in [-0.1, -0.05) is 51.8 Å². The molecule has 0 atom stereocenters. The van der Waals surface area contributed by atoms with Crippen LogP contribution in [0.1, 0.15) is 5.56 Å². The van der Waals surface area contributed by atoms with Crippen LogP contribution in [-0.4, -0.2) is 13.5 Å². The Morgan fingerprint density at radius 2 is 1.67 bits per heavy atom. The Hall–Kier alpha value is -1.97. The van der Waals surface area contributed by atoms with Crippen LogP contribution >= 0.6 is 27.5 Å². The van der Waals surface area contributed by atoms with E-state index in [-0.39, 0.29) is 20.9 Å². The maximum Gasteiger partial charge on any atom is 0.417 e. The Morgan fingerprint density at radius 3 is 2.30 bits per heavy atom. The van der Waals surface area contributed by atoms with Crippen LogP contribution in [0.25, 0.3) is 10.8 Å². The number of rotatable bonds is 3. The molecule has 10 heteroatoms. The van der Waals surface area contributed by atoms with Gasteiger partial charge in [-0.25, -0.2) is 8.42 Å². The lowest BCUT2D eigenvalue weighted by Crippen LogP contribution is -2.15. The van der Waals surface area contributed by atoms with Crippen molar-refractivity contribution in [3.05, 3.63) is 63.6 Å². The molecular weight excluding hydrogens is 471 g/mol. The summed E-state index contributed by atoms with van der Waals surface area (Å²) in [6.07, 6.45) is -4.72. The number of anilines is 1. The predicted octanol–water partition coefficient (Wildman–Crippen LogP) is 5.78. The van der Waals surface area contributed by atoms with Crippen LogP contribution in [0.2, 0.25) is 5.02 Å². The number of benzene rings is 3. The minimum Gasteiger partial charge on any atom is -0.506 e. The van der Waals surface area contributed by atoms with Crippen LogP contribution in [0.3, 0.4) is 0 Å². The Balaban J connectivity index is 2.11. The number of alkyl halides is 3. The Kier molecular flexibility index (Phi) is 5.04. The summed E-state index contributed by atoms with van der Waals surface area (Å²) in [5.41, 5.74) is -1.08. The van der Waals surface area contributed by atoms with E-state index in [0.29, 0.717) is 16.8 Å². The summed E-state index contributed by atoms with van der Waals surface area (Å²) in [7, 11) is -4.35. The molecule has 0 spiro atoms. The van der Waals surface area contributed by atoms with Crippen LogP contribution in [0, 0.1) is 0 Å². The molecule has 3 aromatic carbocycles. The summed E-state index contributed by atoms with van der Waals surface area (Å²) >= 11 is 8.70. The summed E-state index contributed by atoms with van der Waals surface area (Å²) in [6.45, 7) is 0. The van der Waals surface area contributed by atoms with Crippen molar-refractivity contribution in [1.29, 1.82) is 0 Å². The van der Waals surface area contributed by atoms with Crippen molar-refractivity contribution in [2.45, 2.75) is 11.1 Å². The van der Waals surface area contributed by atoms with Gasteiger partial charge in [-0.05, 0) is 24.3 Å². The normalized spacial score (nSPS) is 12.3. The van der Waals surface area contributed by atoms with Crippen LogP contribution in [-0.2, 0) is 16.2 Å². The van der Waals surface area contributed by atoms with Crippen molar-refractivity contribution < 1.29 is 26.7 Å². The van der Waals surface area contributed by atoms with Gasteiger partial charge in [-0.2, -0.15) is 13.2 Å². The number of hydrogen-bond acceptors (Lipinski definition) is 3. The van der Waals surface area contributed by atoms with Crippen LogP contribution < -0.4 is 4.72 Å². The maximum absolute atomic E-state index is 13.1. The topological polar surface area (TPSA) is 66.4 Å². The van der Waals surface area contributed by atoms with E-state index >= 15 is 0 Å². The first-order chi connectivity index (χ1) is 12.5. The van der Waals surface area contributed by atoms with E-state index in [9.17, 15) is 26.7 Å². The first kappa shape index (κ1) is 19.8. The van der Waals surface area contributed by atoms with Crippen molar-refractivity contribution in [3.8, 4) is 5.75 Å². The molecule has 2 N–H and O–H groups in total. The molecule has 0 bridgehead atoms. The van der Waals surface area contributed by atoms with Gasteiger partial charge in [0, 0.05) is 15.2 Å². The van der Waals surface area contributed by atoms with Crippen molar-refractivity contribution in [2.24, 2.45) is 0 Å². The molecule has 0 radical (unpaired) electrons. The first-order valence-electron chi connectivity index (χ1n) is 7.30. The Morgan fingerprint density at radius 1 is 1.04 bits per heavy atom. The van der Waals surface area contributed by atoms with E-state index in [1.165, 1.54) is 12.1 Å². The minimum absolute atomic E-state index is 0.0323. The number of phenols is 1. The fraction of sp³-hybridized carbons (Fsp3) is 0.0588. The molecule has 0 fully saturated rings. The summed E-state index contributed by atoms with van der Waals surface area (Å²) in [4.78, 5) is -0.564. The molecular formula is C17H10BrClF3NO3S. The van der Waals surface area contributed by atoms with E-state index in [4.69, 9.17) is 11.6 Å². The van der Waals surface area contributed by atoms with Gasteiger partial charge in [0.1, 0.15) is 5.75 Å². The zero-order valence-electron chi connectivity index (χ0n) is 13.2. The highest BCUT2D eigenvalue weighted by Gasteiger charge is 2.34. The summed E-state index contributed by atoms with van der Waals surface area (Å²) < 4.78 is 66.4. The second-order valence-corrected chi connectivity index (χ2v) is 8.49. The number of phenolic OH excluding ortho intramolecular Hbond substituents is 1. The lowest BCUT2D eigenvalue weighted by atomic mass is 10.1. The number of nitrogens with one attached hydrogen (secondary N) is 1. The summed E-state index contributed by atoms with van der Waals surface area (Å²) in [5, 5.41) is 10.6. The first-order valence-corrected chi connectivity index (χ1v) is 9.96. The van der Waals surface area contributed by atoms with Gasteiger partial charge in [-0.3, -0.25) is 4.72 Å². The highest BCUT2D eigenvalue weighted by molar-refractivity contribution is 9.10.